The number of benzene rings is 9. The van der Waals surface area contributed by atoms with E-state index in [1.807, 2.05) is 0 Å². The summed E-state index contributed by atoms with van der Waals surface area (Å²) in [5.41, 5.74) is 13.0. The van der Waals surface area contributed by atoms with Crippen molar-refractivity contribution in [2.45, 2.75) is 0 Å². The Morgan fingerprint density at radius 3 is 1.38 bits per heavy atom. The first kappa shape index (κ1) is 30.1. The van der Waals surface area contributed by atoms with Crippen LogP contribution in [0.4, 0.5) is 17.1 Å². The molecule has 0 N–H and O–H groups in total. The summed E-state index contributed by atoms with van der Waals surface area (Å²) < 4.78 is 5.02. The molecular weight excluding hydrogens is 667 g/mol. The molecule has 0 fully saturated rings. The molecule has 0 bridgehead atoms. The Labute approximate surface area is 317 Å². The number of fused-ring (bicyclic) bond motifs is 12. The van der Waals surface area contributed by atoms with E-state index in [1.165, 1.54) is 87.3 Å². The monoisotopic (exact) mass is 699 g/mol. The lowest BCUT2D eigenvalue weighted by Gasteiger charge is -2.26. The number of anilines is 3. The van der Waals surface area contributed by atoms with Crippen LogP contribution in [0.15, 0.2) is 200 Å². The van der Waals surface area contributed by atoms with Gasteiger partial charge in [0.25, 0.3) is 0 Å². The Balaban J connectivity index is 1.17. The van der Waals surface area contributed by atoms with E-state index in [1.54, 1.807) is 0 Å². The third-order valence-electron chi connectivity index (χ3n) is 11.6. The summed E-state index contributed by atoms with van der Waals surface area (Å²) in [7, 11) is 0. The Kier molecular flexibility index (Phi) is 6.34. The van der Waals surface area contributed by atoms with Gasteiger partial charge in [0, 0.05) is 49.4 Å². The zero-order chi connectivity index (χ0) is 36.0. The van der Waals surface area contributed by atoms with Gasteiger partial charge in [-0.3, -0.25) is 0 Å². The number of hydrogen-bond donors (Lipinski definition) is 0. The van der Waals surface area contributed by atoms with Crippen LogP contribution < -0.4 is 4.90 Å². The lowest BCUT2D eigenvalue weighted by Crippen LogP contribution is -2.10. The maximum atomic E-state index is 2.52. The molecule has 0 unspecified atom stereocenters. The second kappa shape index (κ2) is 11.6. The summed E-state index contributed by atoms with van der Waals surface area (Å²) in [5, 5.41) is 9.94. The first-order valence-electron chi connectivity index (χ1n) is 18.9. The van der Waals surface area contributed by atoms with Crippen molar-refractivity contribution >= 4 is 93.3 Å². The second-order valence-corrected chi connectivity index (χ2v) is 14.6. The predicted molar refractivity (Wildman–Crippen MR) is 234 cm³/mol. The van der Waals surface area contributed by atoms with E-state index < -0.39 is 0 Å². The van der Waals surface area contributed by atoms with Crippen molar-refractivity contribution in [1.82, 2.24) is 8.80 Å². The van der Waals surface area contributed by atoms with Crippen LogP contribution in [0.5, 0.6) is 0 Å². The molecule has 0 aliphatic rings. The normalized spacial score (nSPS) is 12.0. The predicted octanol–water partition coefficient (Wildman–Crippen LogP) is 14.2. The van der Waals surface area contributed by atoms with Crippen LogP contribution in [0.2, 0.25) is 0 Å². The van der Waals surface area contributed by atoms with Gasteiger partial charge in [-0.25, -0.2) is 0 Å². The van der Waals surface area contributed by atoms with Crippen molar-refractivity contribution in [2.75, 3.05) is 4.90 Å². The molecule has 0 atom stereocenters. The highest BCUT2D eigenvalue weighted by molar-refractivity contribution is 6.25. The highest BCUT2D eigenvalue weighted by Crippen LogP contribution is 2.43. The van der Waals surface area contributed by atoms with E-state index >= 15 is 0 Å². The number of nitrogens with zero attached hydrogens (tertiary/aromatic N) is 3. The average Bonchev–Trinajstić information content (AvgIpc) is 3.77. The van der Waals surface area contributed by atoms with Crippen molar-refractivity contribution in [2.24, 2.45) is 0 Å². The van der Waals surface area contributed by atoms with E-state index in [9.17, 15) is 0 Å². The largest absolute Gasteiger partial charge is 0.310 e. The molecule has 0 spiro atoms. The summed E-state index contributed by atoms with van der Waals surface area (Å²) in [4.78, 5) is 2.38. The first-order valence-corrected chi connectivity index (χ1v) is 18.9. The van der Waals surface area contributed by atoms with Crippen molar-refractivity contribution in [3.05, 3.63) is 200 Å². The highest BCUT2D eigenvalue weighted by atomic mass is 15.1. The summed E-state index contributed by atoms with van der Waals surface area (Å²) in [6, 6.07) is 73.3. The van der Waals surface area contributed by atoms with Gasteiger partial charge in [0.1, 0.15) is 0 Å². The lowest BCUT2D eigenvalue weighted by molar-refractivity contribution is 1.28. The van der Waals surface area contributed by atoms with E-state index in [-0.39, 0.29) is 0 Å². The minimum atomic E-state index is 1.10. The van der Waals surface area contributed by atoms with Gasteiger partial charge in [0.15, 0.2) is 0 Å². The minimum Gasteiger partial charge on any atom is -0.310 e. The topological polar surface area (TPSA) is 12.1 Å². The zero-order valence-corrected chi connectivity index (χ0v) is 29.9. The molecule has 0 amide bonds. The van der Waals surface area contributed by atoms with E-state index in [2.05, 4.69) is 214 Å². The third kappa shape index (κ3) is 4.38. The minimum absolute atomic E-state index is 1.10. The molecule has 9 aromatic carbocycles. The van der Waals surface area contributed by atoms with Gasteiger partial charge in [-0.2, -0.15) is 0 Å². The molecule has 3 heterocycles. The molecule has 0 radical (unpaired) electrons. The van der Waals surface area contributed by atoms with Gasteiger partial charge >= 0.3 is 0 Å². The third-order valence-corrected chi connectivity index (χ3v) is 11.6. The lowest BCUT2D eigenvalue weighted by atomic mass is 10.0. The van der Waals surface area contributed by atoms with Gasteiger partial charge in [-0.1, -0.05) is 133 Å². The van der Waals surface area contributed by atoms with Crippen molar-refractivity contribution in [3.63, 3.8) is 0 Å². The van der Waals surface area contributed by atoms with Crippen LogP contribution in [0.1, 0.15) is 0 Å². The van der Waals surface area contributed by atoms with E-state index in [0.29, 0.717) is 0 Å². The van der Waals surface area contributed by atoms with Gasteiger partial charge in [0.2, 0.25) is 0 Å². The number of aromatic nitrogens is 2. The summed E-state index contributed by atoms with van der Waals surface area (Å²) in [6.07, 6.45) is 0. The molecular formula is C52H33N3. The number of hydrogen-bond acceptors (Lipinski definition) is 1. The Hall–Kier alpha value is -7.36. The molecule has 0 aliphatic heterocycles. The maximum Gasteiger partial charge on any atom is 0.0789 e. The van der Waals surface area contributed by atoms with Crippen LogP contribution >= 0.6 is 0 Å². The van der Waals surface area contributed by atoms with E-state index in [4.69, 9.17) is 0 Å². The molecule has 3 nitrogen and oxygen atoms in total. The second-order valence-electron chi connectivity index (χ2n) is 14.6. The molecule has 3 aromatic heterocycles. The Morgan fingerprint density at radius 2 is 0.745 bits per heavy atom. The summed E-state index contributed by atoms with van der Waals surface area (Å²) in [5.74, 6) is 0. The van der Waals surface area contributed by atoms with Crippen LogP contribution in [0.3, 0.4) is 0 Å². The van der Waals surface area contributed by atoms with Gasteiger partial charge in [-0.05, 0) is 88.6 Å². The molecule has 0 aliphatic carbocycles. The highest BCUT2D eigenvalue weighted by Gasteiger charge is 2.21. The molecule has 55 heavy (non-hydrogen) atoms. The fraction of sp³-hybridized carbons (Fsp3) is 0. The molecule has 12 rings (SSSR count). The van der Waals surface area contributed by atoms with Gasteiger partial charge in [-0.15, -0.1) is 0 Å². The van der Waals surface area contributed by atoms with Crippen molar-refractivity contribution in [1.29, 1.82) is 0 Å². The Bertz CT molecular complexity index is 3480. The maximum absolute atomic E-state index is 2.52. The quantitative estimate of drug-likeness (QED) is 0.178. The van der Waals surface area contributed by atoms with Crippen LogP contribution in [0.25, 0.3) is 87.3 Å². The number of rotatable bonds is 4. The summed E-state index contributed by atoms with van der Waals surface area (Å²) >= 11 is 0. The SMILES string of the molecule is c1ccc(N(c2ccc(-c3ccc4ccccc4c3)cc2)c2ccc3c(c2)c2ccccc2n2c4ccccc4c4ccc5c6ccccc6n3c5c42)cc1. The molecule has 256 valence electrons. The number of para-hydroxylation sites is 4. The summed E-state index contributed by atoms with van der Waals surface area (Å²) in [6.45, 7) is 0. The molecule has 12 aromatic rings. The zero-order valence-electron chi connectivity index (χ0n) is 29.9. The Morgan fingerprint density at radius 1 is 0.273 bits per heavy atom. The smallest absolute Gasteiger partial charge is 0.0789 e. The fourth-order valence-corrected chi connectivity index (χ4v) is 9.17. The molecule has 0 saturated carbocycles. The molecule has 3 heteroatoms. The van der Waals surface area contributed by atoms with Gasteiger partial charge in [0.05, 0.1) is 33.1 Å². The van der Waals surface area contributed by atoms with Crippen molar-refractivity contribution < 1.29 is 0 Å². The van der Waals surface area contributed by atoms with Crippen LogP contribution in [0, 0.1) is 0 Å². The van der Waals surface area contributed by atoms with Crippen LogP contribution in [-0.2, 0) is 0 Å². The van der Waals surface area contributed by atoms with Gasteiger partial charge < -0.3 is 13.7 Å². The first-order chi connectivity index (χ1) is 27.3. The standard InChI is InChI=1S/C52H33N3/c1-2-14-38(15-3-1)53(39-26-24-35(25-27-39)37-23-22-34-12-4-5-13-36(34)32-37)40-28-31-50-46(33-40)43-18-8-11-21-49(43)54-47-19-9-6-16-41(47)44-29-30-45-42-17-7-10-20-48(42)55(50)52(45)51(44)54/h1-33H. The average molecular weight is 700 g/mol. The van der Waals surface area contributed by atoms with Crippen LogP contribution in [-0.4, -0.2) is 8.80 Å². The van der Waals surface area contributed by atoms with E-state index in [0.717, 1.165) is 17.1 Å². The van der Waals surface area contributed by atoms with Crippen molar-refractivity contribution in [3.8, 4) is 11.1 Å². The molecule has 0 saturated heterocycles. The fourth-order valence-electron chi connectivity index (χ4n) is 9.17.